The minimum atomic E-state index is -0.419. The average molecular weight is 239 g/mol. The first kappa shape index (κ1) is 9.75. The van der Waals surface area contributed by atoms with Crippen molar-refractivity contribution < 1.29 is 4.79 Å². The number of primary amides is 1. The van der Waals surface area contributed by atoms with E-state index in [0.29, 0.717) is 0 Å². The van der Waals surface area contributed by atoms with Gasteiger partial charge in [-0.1, -0.05) is 11.8 Å². The molecule has 0 fully saturated rings. The number of amides is 1. The van der Waals surface area contributed by atoms with Gasteiger partial charge in [0.25, 0.3) is 0 Å². The van der Waals surface area contributed by atoms with Crippen LogP contribution in [0.15, 0.2) is 22.9 Å². The van der Waals surface area contributed by atoms with Crippen LogP contribution in [-0.2, 0) is 4.79 Å². The monoisotopic (exact) mass is 238 g/mol. The van der Waals surface area contributed by atoms with Crippen LogP contribution in [0.25, 0.3) is 0 Å². The van der Waals surface area contributed by atoms with Gasteiger partial charge < -0.3 is 5.73 Å². The van der Waals surface area contributed by atoms with E-state index in [2.05, 4.69) is 32.8 Å². The normalized spacial score (nSPS) is 8.69. The summed E-state index contributed by atoms with van der Waals surface area (Å²) >= 11 is 3.20. The lowest BCUT2D eigenvalue weighted by atomic mass is 10.3. The summed E-state index contributed by atoms with van der Waals surface area (Å²) in [6.45, 7) is 0. The molecule has 0 aliphatic rings. The number of aromatic nitrogens is 1. The van der Waals surface area contributed by atoms with Crippen molar-refractivity contribution in [2.45, 2.75) is 6.42 Å². The highest BCUT2D eigenvalue weighted by atomic mass is 79.9. The minimum Gasteiger partial charge on any atom is -0.369 e. The van der Waals surface area contributed by atoms with Crippen LogP contribution in [0.5, 0.6) is 0 Å². The molecule has 1 amide bonds. The van der Waals surface area contributed by atoms with Crippen molar-refractivity contribution in [1.82, 2.24) is 4.98 Å². The maximum Gasteiger partial charge on any atom is 0.229 e. The van der Waals surface area contributed by atoms with Crippen molar-refractivity contribution in [2.75, 3.05) is 0 Å². The molecule has 0 saturated carbocycles. The Labute approximate surface area is 84.5 Å². The highest BCUT2D eigenvalue weighted by Gasteiger charge is 1.89. The van der Waals surface area contributed by atoms with Gasteiger partial charge in [-0.15, -0.1) is 0 Å². The number of hydrogen-bond donors (Lipinski definition) is 1. The van der Waals surface area contributed by atoms with E-state index < -0.39 is 5.91 Å². The quantitative estimate of drug-likeness (QED) is 0.588. The van der Waals surface area contributed by atoms with Crippen LogP contribution in [0.2, 0.25) is 0 Å². The summed E-state index contributed by atoms with van der Waals surface area (Å²) in [6.07, 6.45) is 1.70. The van der Waals surface area contributed by atoms with Gasteiger partial charge in [-0.2, -0.15) is 0 Å². The van der Waals surface area contributed by atoms with E-state index in [9.17, 15) is 4.79 Å². The van der Waals surface area contributed by atoms with Crippen molar-refractivity contribution in [3.63, 3.8) is 0 Å². The Bertz CT molecular complexity index is 361. The third-order valence-corrected chi connectivity index (χ3v) is 1.69. The Kier molecular flexibility index (Phi) is 3.47. The van der Waals surface area contributed by atoms with E-state index in [1.54, 1.807) is 12.3 Å². The molecule has 1 aromatic heterocycles. The van der Waals surface area contributed by atoms with Gasteiger partial charge in [0, 0.05) is 11.8 Å². The molecule has 0 spiro atoms. The molecule has 0 unspecified atom stereocenters. The lowest BCUT2D eigenvalue weighted by Gasteiger charge is -1.88. The van der Waals surface area contributed by atoms with Gasteiger partial charge >= 0.3 is 0 Å². The molecule has 2 N–H and O–H groups in total. The molecule has 0 atom stereocenters. The molecular weight excluding hydrogens is 232 g/mol. The Balaban J connectivity index is 2.67. The van der Waals surface area contributed by atoms with Crippen LogP contribution in [0.4, 0.5) is 0 Å². The first-order valence-electron chi connectivity index (χ1n) is 3.57. The number of hydrogen-bond acceptors (Lipinski definition) is 2. The van der Waals surface area contributed by atoms with Gasteiger partial charge in [-0.05, 0) is 28.1 Å². The number of carbonyl (C=O) groups excluding carboxylic acids is 1. The second-order valence-electron chi connectivity index (χ2n) is 2.31. The van der Waals surface area contributed by atoms with E-state index in [1.165, 1.54) is 0 Å². The third-order valence-electron chi connectivity index (χ3n) is 1.22. The fourth-order valence-electron chi connectivity index (χ4n) is 0.683. The minimum absolute atomic E-state index is 0.0794. The fraction of sp³-hybridized carbons (Fsp3) is 0.111. The summed E-state index contributed by atoms with van der Waals surface area (Å²) in [5.74, 6) is 4.99. The Morgan fingerprint density at radius 2 is 2.38 bits per heavy atom. The predicted molar refractivity (Wildman–Crippen MR) is 52.6 cm³/mol. The third kappa shape index (κ3) is 3.72. The second-order valence-corrected chi connectivity index (χ2v) is 3.13. The molecule has 0 aliphatic carbocycles. The first-order valence-corrected chi connectivity index (χ1v) is 4.36. The Morgan fingerprint density at radius 1 is 1.62 bits per heavy atom. The molecule has 0 bridgehead atoms. The van der Waals surface area contributed by atoms with Crippen LogP contribution in [0.1, 0.15) is 12.0 Å². The van der Waals surface area contributed by atoms with E-state index >= 15 is 0 Å². The highest BCUT2D eigenvalue weighted by Crippen LogP contribution is 2.04. The summed E-state index contributed by atoms with van der Waals surface area (Å²) < 4.78 is 0.757. The maximum atomic E-state index is 10.3. The molecule has 0 aromatic carbocycles. The van der Waals surface area contributed by atoms with Gasteiger partial charge in [0.05, 0.1) is 6.42 Å². The van der Waals surface area contributed by atoms with Crippen LogP contribution in [0, 0.1) is 11.8 Å². The lowest BCUT2D eigenvalue weighted by Crippen LogP contribution is -2.08. The molecule has 0 saturated heterocycles. The molecule has 4 heteroatoms. The molecule has 0 radical (unpaired) electrons. The summed E-state index contributed by atoms with van der Waals surface area (Å²) in [4.78, 5) is 14.3. The first-order chi connectivity index (χ1) is 6.18. The average Bonchev–Trinajstić information content (AvgIpc) is 2.08. The molecule has 3 nitrogen and oxygen atoms in total. The fourth-order valence-corrected chi connectivity index (χ4v) is 0.918. The predicted octanol–water partition coefficient (Wildman–Crippen LogP) is 1.07. The topological polar surface area (TPSA) is 56.0 Å². The lowest BCUT2D eigenvalue weighted by molar-refractivity contribution is -0.117. The molecule has 13 heavy (non-hydrogen) atoms. The van der Waals surface area contributed by atoms with Crippen molar-refractivity contribution in [1.29, 1.82) is 0 Å². The smallest absolute Gasteiger partial charge is 0.229 e. The van der Waals surface area contributed by atoms with E-state index in [-0.39, 0.29) is 6.42 Å². The summed E-state index contributed by atoms with van der Waals surface area (Å²) in [7, 11) is 0. The van der Waals surface area contributed by atoms with Gasteiger partial charge in [0.2, 0.25) is 5.91 Å². The van der Waals surface area contributed by atoms with Gasteiger partial charge in [-0.3, -0.25) is 4.79 Å². The highest BCUT2D eigenvalue weighted by molar-refractivity contribution is 9.10. The van der Waals surface area contributed by atoms with Crippen molar-refractivity contribution in [3.05, 3.63) is 28.5 Å². The van der Waals surface area contributed by atoms with Gasteiger partial charge in [0.15, 0.2) is 0 Å². The Morgan fingerprint density at radius 3 is 2.92 bits per heavy atom. The molecule has 1 aromatic rings. The van der Waals surface area contributed by atoms with Crippen LogP contribution in [0.3, 0.4) is 0 Å². The van der Waals surface area contributed by atoms with E-state index in [0.717, 1.165) is 10.2 Å². The van der Waals surface area contributed by atoms with Gasteiger partial charge in [0.1, 0.15) is 4.60 Å². The van der Waals surface area contributed by atoms with Crippen LogP contribution >= 0.6 is 15.9 Å². The number of carbonyl (C=O) groups is 1. The number of rotatable bonds is 1. The summed E-state index contributed by atoms with van der Waals surface area (Å²) in [5.41, 5.74) is 5.68. The van der Waals surface area contributed by atoms with Crippen molar-refractivity contribution in [2.24, 2.45) is 5.73 Å². The maximum absolute atomic E-state index is 10.3. The number of pyridine rings is 1. The Hall–Kier alpha value is -1.34. The van der Waals surface area contributed by atoms with Crippen LogP contribution < -0.4 is 5.73 Å². The standard InChI is InChI=1S/C9H7BrN2O/c10-8-5-4-7(6-12-8)2-1-3-9(11)13/h4-6H,3H2,(H2,11,13). The molecule has 66 valence electrons. The largest absolute Gasteiger partial charge is 0.369 e. The van der Waals surface area contributed by atoms with Crippen molar-refractivity contribution in [3.8, 4) is 11.8 Å². The van der Waals surface area contributed by atoms with Crippen LogP contribution in [-0.4, -0.2) is 10.9 Å². The second kappa shape index (κ2) is 4.63. The van der Waals surface area contributed by atoms with Crippen molar-refractivity contribution >= 4 is 21.8 Å². The number of halogens is 1. The SMILES string of the molecule is NC(=O)CC#Cc1ccc(Br)nc1. The van der Waals surface area contributed by atoms with E-state index in [1.807, 2.05) is 6.07 Å². The zero-order valence-corrected chi connectivity index (χ0v) is 8.34. The molecule has 0 aliphatic heterocycles. The van der Waals surface area contributed by atoms with Gasteiger partial charge in [-0.25, -0.2) is 4.98 Å². The number of nitrogens with two attached hydrogens (primary N) is 1. The summed E-state index contributed by atoms with van der Waals surface area (Å²) in [5, 5.41) is 0. The zero-order chi connectivity index (χ0) is 9.68. The molecule has 1 rings (SSSR count). The molecule has 1 heterocycles. The zero-order valence-electron chi connectivity index (χ0n) is 6.75. The summed E-state index contributed by atoms with van der Waals surface area (Å²) in [6, 6.07) is 3.60. The molecular formula is C9H7BrN2O. The number of nitrogens with zero attached hydrogens (tertiary/aromatic N) is 1. The van der Waals surface area contributed by atoms with E-state index in [4.69, 9.17) is 5.73 Å².